The van der Waals surface area contributed by atoms with Crippen LogP contribution in [0.5, 0.6) is 0 Å². The number of hydrogen-bond acceptors (Lipinski definition) is 3. The van der Waals surface area contributed by atoms with Gasteiger partial charge in [-0.05, 0) is 12.1 Å². The average molecular weight is 269 g/mol. The largest absolute Gasteiger partial charge is 0.387 e. The van der Waals surface area contributed by atoms with Gasteiger partial charge in [-0.2, -0.15) is 0 Å². The Balaban J connectivity index is 3.06. The Hall–Kier alpha value is -0.290. The van der Waals surface area contributed by atoms with Gasteiger partial charge in [-0.25, -0.2) is 8.42 Å². The van der Waals surface area contributed by atoms with Crippen LogP contribution in [0.4, 0.5) is 0 Å². The number of halogens is 2. The lowest BCUT2D eigenvalue weighted by Gasteiger charge is -2.13. The van der Waals surface area contributed by atoms with Crippen LogP contribution < -0.4 is 0 Å². The SMILES string of the molecule is CS(=O)(=O)CC(O)c1c(Cl)cccc1Cl. The molecule has 0 radical (unpaired) electrons. The van der Waals surface area contributed by atoms with Gasteiger partial charge >= 0.3 is 0 Å². The summed E-state index contributed by atoms with van der Waals surface area (Å²) in [5, 5.41) is 10.2. The van der Waals surface area contributed by atoms with Gasteiger partial charge in [0.2, 0.25) is 0 Å². The molecule has 15 heavy (non-hydrogen) atoms. The van der Waals surface area contributed by atoms with Crippen LogP contribution in [0.2, 0.25) is 10.0 Å². The molecule has 3 nitrogen and oxygen atoms in total. The molecular formula is C9H10Cl2O3S. The van der Waals surface area contributed by atoms with E-state index >= 15 is 0 Å². The fraction of sp³-hybridized carbons (Fsp3) is 0.333. The van der Waals surface area contributed by atoms with Gasteiger partial charge in [-0.3, -0.25) is 0 Å². The van der Waals surface area contributed by atoms with E-state index < -0.39 is 21.7 Å². The van der Waals surface area contributed by atoms with Crippen molar-refractivity contribution in [3.05, 3.63) is 33.8 Å². The summed E-state index contributed by atoms with van der Waals surface area (Å²) in [6.07, 6.45) is -0.151. The van der Waals surface area contributed by atoms with Gasteiger partial charge in [0.25, 0.3) is 0 Å². The molecule has 6 heteroatoms. The summed E-state index contributed by atoms with van der Waals surface area (Å²) in [4.78, 5) is 0. The van der Waals surface area contributed by atoms with Crippen molar-refractivity contribution in [1.29, 1.82) is 0 Å². The Kier molecular flexibility index (Phi) is 4.00. The highest BCUT2D eigenvalue weighted by Crippen LogP contribution is 2.30. The molecule has 1 rings (SSSR count). The molecule has 1 unspecified atom stereocenters. The lowest BCUT2D eigenvalue weighted by atomic mass is 10.1. The van der Waals surface area contributed by atoms with Crippen LogP contribution in [0.3, 0.4) is 0 Å². The summed E-state index contributed by atoms with van der Waals surface area (Å²) in [5.41, 5.74) is 0.256. The Bertz CT molecular complexity index is 436. The zero-order valence-electron chi connectivity index (χ0n) is 7.94. The van der Waals surface area contributed by atoms with E-state index in [2.05, 4.69) is 0 Å². The first kappa shape index (κ1) is 12.8. The summed E-state index contributed by atoms with van der Waals surface area (Å²) in [7, 11) is -3.27. The van der Waals surface area contributed by atoms with Crippen molar-refractivity contribution in [2.45, 2.75) is 6.10 Å². The molecule has 0 saturated heterocycles. The third-order valence-corrected chi connectivity index (χ3v) is 3.37. The molecule has 0 bridgehead atoms. The van der Waals surface area contributed by atoms with E-state index in [1.165, 1.54) is 0 Å². The van der Waals surface area contributed by atoms with E-state index in [4.69, 9.17) is 23.2 Å². The Labute approximate surface area is 98.6 Å². The summed E-state index contributed by atoms with van der Waals surface area (Å²) in [6, 6.07) is 4.73. The first-order chi connectivity index (χ1) is 6.81. The second-order valence-corrected chi connectivity index (χ2v) is 6.24. The molecule has 0 amide bonds. The maximum atomic E-state index is 11.0. The van der Waals surface area contributed by atoms with Gasteiger partial charge in [-0.15, -0.1) is 0 Å². The van der Waals surface area contributed by atoms with Crippen LogP contribution in [0, 0.1) is 0 Å². The van der Waals surface area contributed by atoms with E-state index in [9.17, 15) is 13.5 Å². The van der Waals surface area contributed by atoms with Gasteiger partial charge in [0.05, 0.1) is 11.9 Å². The third kappa shape index (κ3) is 3.65. The van der Waals surface area contributed by atoms with E-state index in [0.717, 1.165) is 6.26 Å². The molecule has 0 heterocycles. The number of aliphatic hydroxyl groups is 1. The topological polar surface area (TPSA) is 54.4 Å². The van der Waals surface area contributed by atoms with Gasteiger partial charge in [0.1, 0.15) is 9.84 Å². The fourth-order valence-corrected chi connectivity index (χ4v) is 2.59. The van der Waals surface area contributed by atoms with E-state index in [-0.39, 0.29) is 15.6 Å². The van der Waals surface area contributed by atoms with Gasteiger partial charge < -0.3 is 5.11 Å². The van der Waals surface area contributed by atoms with E-state index in [1.807, 2.05) is 0 Å². The maximum Gasteiger partial charge on any atom is 0.150 e. The van der Waals surface area contributed by atoms with Crippen molar-refractivity contribution in [3.8, 4) is 0 Å². The predicted octanol–water partition coefficient (Wildman–Crippen LogP) is 2.07. The minimum Gasteiger partial charge on any atom is -0.387 e. The number of sulfone groups is 1. The van der Waals surface area contributed by atoms with Gasteiger partial charge in [0, 0.05) is 21.9 Å². The second kappa shape index (κ2) is 4.70. The Morgan fingerprint density at radius 1 is 1.33 bits per heavy atom. The lowest BCUT2D eigenvalue weighted by molar-refractivity contribution is 0.202. The highest BCUT2D eigenvalue weighted by molar-refractivity contribution is 7.90. The standard InChI is InChI=1S/C9H10Cl2O3S/c1-15(13,14)5-8(12)9-6(10)3-2-4-7(9)11/h2-4,8,12H,5H2,1H3. The van der Waals surface area contributed by atoms with Crippen molar-refractivity contribution in [2.75, 3.05) is 12.0 Å². The molecule has 0 spiro atoms. The summed E-state index contributed by atoms with van der Waals surface area (Å²) >= 11 is 11.6. The molecule has 0 aliphatic heterocycles. The average Bonchev–Trinajstić information content (AvgIpc) is 1.99. The predicted molar refractivity (Wildman–Crippen MR) is 61.1 cm³/mol. The highest BCUT2D eigenvalue weighted by Gasteiger charge is 2.19. The summed E-state index contributed by atoms with van der Waals surface area (Å²) < 4.78 is 22.0. The molecule has 0 aliphatic rings. The second-order valence-electron chi connectivity index (χ2n) is 3.24. The number of aliphatic hydroxyl groups excluding tert-OH is 1. The van der Waals surface area contributed by atoms with Crippen molar-refractivity contribution in [2.24, 2.45) is 0 Å². The highest BCUT2D eigenvalue weighted by atomic mass is 35.5. The smallest absolute Gasteiger partial charge is 0.150 e. The first-order valence-corrected chi connectivity index (χ1v) is 6.92. The molecule has 0 saturated carbocycles. The molecule has 1 atom stereocenters. The molecule has 0 aliphatic carbocycles. The van der Waals surface area contributed by atoms with Crippen molar-refractivity contribution < 1.29 is 13.5 Å². The van der Waals surface area contributed by atoms with Crippen LogP contribution in [0.25, 0.3) is 0 Å². The van der Waals surface area contributed by atoms with Crippen LogP contribution in [0.1, 0.15) is 11.7 Å². The molecule has 1 aromatic carbocycles. The van der Waals surface area contributed by atoms with Gasteiger partial charge in [0.15, 0.2) is 0 Å². The molecule has 1 aromatic rings. The third-order valence-electron chi connectivity index (χ3n) is 1.79. The van der Waals surface area contributed by atoms with Crippen molar-refractivity contribution in [3.63, 3.8) is 0 Å². The van der Waals surface area contributed by atoms with Crippen LogP contribution in [0.15, 0.2) is 18.2 Å². The minimum absolute atomic E-state index is 0.256. The lowest BCUT2D eigenvalue weighted by Crippen LogP contribution is -2.13. The van der Waals surface area contributed by atoms with Gasteiger partial charge in [-0.1, -0.05) is 29.3 Å². The number of benzene rings is 1. The minimum atomic E-state index is -3.27. The van der Waals surface area contributed by atoms with E-state index in [0.29, 0.717) is 0 Å². The summed E-state index contributed by atoms with van der Waals surface area (Å²) in [6.45, 7) is 0. The normalized spacial score (nSPS) is 13.9. The van der Waals surface area contributed by atoms with Crippen molar-refractivity contribution >= 4 is 33.0 Å². The Morgan fingerprint density at radius 3 is 2.20 bits per heavy atom. The quantitative estimate of drug-likeness (QED) is 0.913. The maximum absolute atomic E-state index is 11.0. The molecule has 0 fully saturated rings. The monoisotopic (exact) mass is 268 g/mol. The molecule has 0 aromatic heterocycles. The molecule has 84 valence electrons. The Morgan fingerprint density at radius 2 is 1.80 bits per heavy atom. The van der Waals surface area contributed by atoms with Crippen LogP contribution >= 0.6 is 23.2 Å². The van der Waals surface area contributed by atoms with Crippen LogP contribution in [-0.2, 0) is 9.84 Å². The number of rotatable bonds is 3. The van der Waals surface area contributed by atoms with Crippen molar-refractivity contribution in [1.82, 2.24) is 0 Å². The zero-order chi connectivity index (χ0) is 11.6. The van der Waals surface area contributed by atoms with Crippen LogP contribution in [-0.4, -0.2) is 25.5 Å². The first-order valence-electron chi connectivity index (χ1n) is 4.11. The number of hydrogen-bond donors (Lipinski definition) is 1. The van der Waals surface area contributed by atoms with E-state index in [1.54, 1.807) is 18.2 Å². The fourth-order valence-electron chi connectivity index (χ4n) is 1.20. The molecular weight excluding hydrogens is 259 g/mol. The zero-order valence-corrected chi connectivity index (χ0v) is 10.3. The summed E-state index contributed by atoms with van der Waals surface area (Å²) in [5.74, 6) is -0.392. The molecule has 1 N–H and O–H groups in total.